The van der Waals surface area contributed by atoms with E-state index in [1.807, 2.05) is 18.2 Å². The van der Waals surface area contributed by atoms with E-state index in [4.69, 9.17) is 9.72 Å². The average molecular weight is 440 g/mol. The molecule has 8 nitrogen and oxygen atoms in total. The van der Waals surface area contributed by atoms with Gasteiger partial charge < -0.3 is 25.2 Å². The van der Waals surface area contributed by atoms with Crippen molar-refractivity contribution in [2.45, 2.75) is 38.7 Å². The Morgan fingerprint density at radius 1 is 1.12 bits per heavy atom. The molecular formula is C24H33N5O3. The van der Waals surface area contributed by atoms with E-state index in [0.29, 0.717) is 6.54 Å². The van der Waals surface area contributed by atoms with Gasteiger partial charge in [0, 0.05) is 63.2 Å². The van der Waals surface area contributed by atoms with Crippen LogP contribution >= 0.6 is 0 Å². The first-order valence-electron chi connectivity index (χ1n) is 11.5. The lowest BCUT2D eigenvalue weighted by atomic mass is 10.1. The number of nitrogens with one attached hydrogen (secondary N) is 2. The maximum absolute atomic E-state index is 12.3. The number of likely N-dealkylation sites (N-methyl/N-ethyl adjacent to an activating group) is 1. The first-order chi connectivity index (χ1) is 15.5. The second-order valence-electron chi connectivity index (χ2n) is 8.81. The molecule has 3 heterocycles. The standard InChI is InChI=1S/C24H33N5O3/c1-17-14-22(29-11-9-28(2)10-12-29)27-21-6-5-18(15-20(17)21)26-24(31)8-7-23(30)25-16-19-4-3-13-32-19/h5-6,14-15,19H,3-4,7-13,16H2,1-2H3,(H,25,30)(H,26,31)/t19-/m0/s1. The van der Waals surface area contributed by atoms with E-state index < -0.39 is 0 Å². The van der Waals surface area contributed by atoms with Gasteiger partial charge in [-0.1, -0.05) is 0 Å². The highest BCUT2D eigenvalue weighted by Crippen LogP contribution is 2.26. The van der Waals surface area contributed by atoms with Crippen LogP contribution < -0.4 is 15.5 Å². The predicted octanol–water partition coefficient (Wildman–Crippen LogP) is 2.31. The van der Waals surface area contributed by atoms with Crippen LogP contribution in [0.2, 0.25) is 0 Å². The zero-order valence-corrected chi connectivity index (χ0v) is 19.0. The fourth-order valence-electron chi connectivity index (χ4n) is 4.22. The number of ether oxygens (including phenoxy) is 1. The minimum absolute atomic E-state index is 0.110. The Bertz CT molecular complexity index is 966. The third-order valence-electron chi connectivity index (χ3n) is 6.24. The summed E-state index contributed by atoms with van der Waals surface area (Å²) < 4.78 is 5.50. The number of aromatic nitrogens is 1. The molecule has 0 radical (unpaired) electrons. The van der Waals surface area contributed by atoms with E-state index in [1.54, 1.807) is 0 Å². The van der Waals surface area contributed by atoms with Gasteiger partial charge in [-0.05, 0) is 56.6 Å². The summed E-state index contributed by atoms with van der Waals surface area (Å²) in [5.41, 5.74) is 2.78. The maximum Gasteiger partial charge on any atom is 0.224 e. The van der Waals surface area contributed by atoms with Crippen LogP contribution in [-0.4, -0.2) is 74.2 Å². The first-order valence-corrected chi connectivity index (χ1v) is 11.5. The van der Waals surface area contributed by atoms with Crippen LogP contribution in [0.5, 0.6) is 0 Å². The minimum Gasteiger partial charge on any atom is -0.376 e. The number of pyridine rings is 1. The lowest BCUT2D eigenvalue weighted by Gasteiger charge is -2.33. The van der Waals surface area contributed by atoms with Crippen LogP contribution in [0.4, 0.5) is 11.5 Å². The summed E-state index contributed by atoms with van der Waals surface area (Å²) in [6.07, 6.45) is 2.45. The number of hydrogen-bond donors (Lipinski definition) is 2. The molecule has 8 heteroatoms. The third kappa shape index (κ3) is 5.75. The number of carbonyl (C=O) groups is 2. The fourth-order valence-corrected chi connectivity index (χ4v) is 4.22. The van der Waals surface area contributed by atoms with Crippen LogP contribution in [-0.2, 0) is 14.3 Å². The zero-order valence-electron chi connectivity index (χ0n) is 19.0. The largest absolute Gasteiger partial charge is 0.376 e. The molecule has 0 unspecified atom stereocenters. The van der Waals surface area contributed by atoms with Gasteiger partial charge in [-0.25, -0.2) is 4.98 Å². The van der Waals surface area contributed by atoms with Crippen molar-refractivity contribution in [3.05, 3.63) is 29.8 Å². The van der Waals surface area contributed by atoms with Crippen LogP contribution in [0, 0.1) is 6.92 Å². The third-order valence-corrected chi connectivity index (χ3v) is 6.24. The average Bonchev–Trinajstić information content (AvgIpc) is 3.31. The summed E-state index contributed by atoms with van der Waals surface area (Å²) in [5, 5.41) is 6.78. The normalized spacial score (nSPS) is 19.3. The molecule has 0 aliphatic carbocycles. The molecule has 2 aliphatic heterocycles. The zero-order chi connectivity index (χ0) is 22.5. The van der Waals surface area contributed by atoms with Crippen molar-refractivity contribution < 1.29 is 14.3 Å². The quantitative estimate of drug-likeness (QED) is 0.689. The topological polar surface area (TPSA) is 86.8 Å². The molecule has 32 heavy (non-hydrogen) atoms. The van der Waals surface area contributed by atoms with Gasteiger partial charge in [0.2, 0.25) is 11.8 Å². The van der Waals surface area contributed by atoms with Crippen LogP contribution in [0.1, 0.15) is 31.2 Å². The number of nitrogens with zero attached hydrogens (tertiary/aromatic N) is 3. The van der Waals surface area contributed by atoms with E-state index in [0.717, 1.165) is 73.6 Å². The molecule has 4 rings (SSSR count). The van der Waals surface area contributed by atoms with Gasteiger partial charge in [0.1, 0.15) is 5.82 Å². The van der Waals surface area contributed by atoms with E-state index in [2.05, 4.69) is 40.5 Å². The number of hydrogen-bond acceptors (Lipinski definition) is 6. The van der Waals surface area contributed by atoms with Crippen molar-refractivity contribution in [1.29, 1.82) is 0 Å². The highest BCUT2D eigenvalue weighted by molar-refractivity contribution is 5.96. The van der Waals surface area contributed by atoms with Gasteiger partial charge >= 0.3 is 0 Å². The Morgan fingerprint density at radius 3 is 2.66 bits per heavy atom. The molecule has 172 valence electrons. The molecule has 2 fully saturated rings. The summed E-state index contributed by atoms with van der Waals surface area (Å²) in [6.45, 7) is 7.39. The number of rotatable bonds is 7. The Kier molecular flexibility index (Phi) is 7.22. The number of anilines is 2. The SMILES string of the molecule is Cc1cc(N2CCN(C)CC2)nc2ccc(NC(=O)CCC(=O)NC[C@@H]3CCCO3)cc12. The fraction of sp³-hybridized carbons (Fsp3) is 0.542. The Balaban J connectivity index is 1.32. The molecule has 2 aliphatic rings. The summed E-state index contributed by atoms with van der Waals surface area (Å²) >= 11 is 0. The Hall–Kier alpha value is -2.71. The number of aryl methyl sites for hydroxylation is 1. The molecule has 2 aromatic rings. The van der Waals surface area contributed by atoms with Crippen LogP contribution in [0.15, 0.2) is 24.3 Å². The smallest absolute Gasteiger partial charge is 0.224 e. The van der Waals surface area contributed by atoms with Gasteiger partial charge in [0.25, 0.3) is 0 Å². The highest BCUT2D eigenvalue weighted by Gasteiger charge is 2.18. The number of benzene rings is 1. The van der Waals surface area contributed by atoms with Crippen LogP contribution in [0.25, 0.3) is 10.9 Å². The van der Waals surface area contributed by atoms with Crippen molar-refractivity contribution >= 4 is 34.2 Å². The van der Waals surface area contributed by atoms with E-state index in [-0.39, 0.29) is 30.8 Å². The summed E-state index contributed by atoms with van der Waals surface area (Å²) in [6, 6.07) is 7.91. The predicted molar refractivity (Wildman–Crippen MR) is 126 cm³/mol. The number of carbonyl (C=O) groups excluding carboxylic acids is 2. The van der Waals surface area contributed by atoms with Crippen molar-refractivity contribution in [3.63, 3.8) is 0 Å². The molecule has 2 amide bonds. The van der Waals surface area contributed by atoms with E-state index in [1.165, 1.54) is 0 Å². The number of amides is 2. The van der Waals surface area contributed by atoms with E-state index in [9.17, 15) is 9.59 Å². The van der Waals surface area contributed by atoms with Gasteiger partial charge in [-0.15, -0.1) is 0 Å². The van der Waals surface area contributed by atoms with Gasteiger partial charge in [-0.2, -0.15) is 0 Å². The second kappa shape index (κ2) is 10.3. The van der Waals surface area contributed by atoms with Crippen molar-refractivity contribution in [3.8, 4) is 0 Å². The van der Waals surface area contributed by atoms with Gasteiger partial charge in [-0.3, -0.25) is 9.59 Å². The lowest BCUT2D eigenvalue weighted by Crippen LogP contribution is -2.44. The van der Waals surface area contributed by atoms with Crippen molar-refractivity contribution in [1.82, 2.24) is 15.2 Å². The molecule has 0 spiro atoms. The molecule has 0 saturated carbocycles. The van der Waals surface area contributed by atoms with E-state index >= 15 is 0 Å². The second-order valence-corrected chi connectivity index (χ2v) is 8.81. The van der Waals surface area contributed by atoms with Crippen molar-refractivity contribution in [2.75, 3.05) is 56.6 Å². The molecule has 2 saturated heterocycles. The lowest BCUT2D eigenvalue weighted by molar-refractivity contribution is -0.124. The van der Waals surface area contributed by atoms with Gasteiger partial charge in [0.05, 0.1) is 11.6 Å². The first kappa shape index (κ1) is 22.5. The molecule has 1 aromatic carbocycles. The summed E-state index contributed by atoms with van der Waals surface area (Å²) in [7, 11) is 2.14. The molecule has 2 N–H and O–H groups in total. The number of fused-ring (bicyclic) bond motifs is 1. The number of piperazine rings is 1. The van der Waals surface area contributed by atoms with Crippen LogP contribution in [0.3, 0.4) is 0 Å². The maximum atomic E-state index is 12.3. The Labute approximate surface area is 189 Å². The molecule has 1 aromatic heterocycles. The van der Waals surface area contributed by atoms with Crippen molar-refractivity contribution in [2.24, 2.45) is 0 Å². The summed E-state index contributed by atoms with van der Waals surface area (Å²) in [5.74, 6) is 0.718. The molecule has 0 bridgehead atoms. The minimum atomic E-state index is -0.170. The molecule has 1 atom stereocenters. The Morgan fingerprint density at radius 2 is 1.91 bits per heavy atom. The molecular weight excluding hydrogens is 406 g/mol. The monoisotopic (exact) mass is 439 g/mol. The summed E-state index contributed by atoms with van der Waals surface area (Å²) in [4.78, 5) is 33.8. The highest BCUT2D eigenvalue weighted by atomic mass is 16.5. The van der Waals surface area contributed by atoms with Gasteiger partial charge in [0.15, 0.2) is 0 Å².